The molecule has 0 bridgehead atoms. The molecule has 0 heterocycles. The average molecular weight is 273 g/mol. The molecule has 19 heavy (non-hydrogen) atoms. The van der Waals surface area contributed by atoms with Gasteiger partial charge in [0.2, 0.25) is 5.91 Å². The number of hydrogen-bond acceptors (Lipinski definition) is 3. The van der Waals surface area contributed by atoms with Crippen molar-refractivity contribution in [2.75, 3.05) is 19.8 Å². The van der Waals surface area contributed by atoms with Crippen LogP contribution in [0.25, 0.3) is 0 Å². The van der Waals surface area contributed by atoms with E-state index in [0.717, 1.165) is 19.3 Å². The number of aliphatic hydroxyl groups excluding tert-OH is 1. The predicted octanol–water partition coefficient (Wildman–Crippen LogP) is 2.64. The van der Waals surface area contributed by atoms with Crippen LogP contribution < -0.4 is 5.32 Å². The summed E-state index contributed by atoms with van der Waals surface area (Å²) in [5.74, 6) is -0.317. The van der Waals surface area contributed by atoms with Crippen molar-refractivity contribution in [1.82, 2.24) is 5.32 Å². The molecule has 0 saturated carbocycles. The number of carbonyl (C=O) groups is 1. The molecule has 114 valence electrons. The highest BCUT2D eigenvalue weighted by Gasteiger charge is 2.06. The number of hydrogen-bond donors (Lipinski definition) is 2. The Bertz CT molecular complexity index is 210. The first-order valence-electron chi connectivity index (χ1n) is 7.73. The predicted molar refractivity (Wildman–Crippen MR) is 78.1 cm³/mol. The third-order valence-electron chi connectivity index (χ3n) is 3.23. The molecule has 0 aromatic heterocycles. The maximum Gasteiger partial charge on any atom is 0.245 e. The fourth-order valence-corrected chi connectivity index (χ4v) is 1.99. The zero-order valence-corrected chi connectivity index (χ0v) is 12.6. The van der Waals surface area contributed by atoms with Gasteiger partial charge in [0, 0.05) is 13.2 Å². The minimum absolute atomic E-state index is 0.317. The number of unbranched alkanes of at least 4 members (excludes halogenated alkanes) is 4. The summed E-state index contributed by atoms with van der Waals surface area (Å²) in [4.78, 5) is 10.8. The monoisotopic (exact) mass is 273 g/mol. The second-order valence-electron chi connectivity index (χ2n) is 4.97. The first-order chi connectivity index (χ1) is 9.24. The molecular formula is C15H31NO3. The van der Waals surface area contributed by atoms with Crippen LogP contribution in [0.2, 0.25) is 0 Å². The van der Waals surface area contributed by atoms with Gasteiger partial charge in [0.1, 0.15) is 6.61 Å². The topological polar surface area (TPSA) is 58.6 Å². The molecule has 0 radical (unpaired) electrons. The highest BCUT2D eigenvalue weighted by molar-refractivity contribution is 5.76. The van der Waals surface area contributed by atoms with Gasteiger partial charge in [-0.1, -0.05) is 46.0 Å². The van der Waals surface area contributed by atoms with Crippen LogP contribution in [0.3, 0.4) is 0 Å². The molecule has 0 rings (SSSR count). The summed E-state index contributed by atoms with van der Waals surface area (Å²) in [5.41, 5.74) is 0. The lowest BCUT2D eigenvalue weighted by Gasteiger charge is -2.16. The van der Waals surface area contributed by atoms with Gasteiger partial charge >= 0.3 is 0 Å². The van der Waals surface area contributed by atoms with Crippen LogP contribution in [-0.2, 0) is 9.53 Å². The minimum atomic E-state index is -0.434. The van der Waals surface area contributed by atoms with Gasteiger partial charge in [-0.15, -0.1) is 0 Å². The van der Waals surface area contributed by atoms with E-state index in [1.807, 2.05) is 0 Å². The Morgan fingerprint density at radius 2 is 1.89 bits per heavy atom. The quantitative estimate of drug-likeness (QED) is 0.507. The highest BCUT2D eigenvalue weighted by Crippen LogP contribution is 2.12. The molecule has 0 aromatic carbocycles. The van der Waals surface area contributed by atoms with Gasteiger partial charge < -0.3 is 15.2 Å². The van der Waals surface area contributed by atoms with Crippen LogP contribution in [0.15, 0.2) is 0 Å². The van der Waals surface area contributed by atoms with E-state index in [-0.39, 0.29) is 5.91 Å². The number of rotatable bonds is 13. The molecule has 0 aliphatic rings. The van der Waals surface area contributed by atoms with Crippen LogP contribution in [0.4, 0.5) is 0 Å². The smallest absolute Gasteiger partial charge is 0.245 e. The number of carbonyl (C=O) groups excluding carboxylic acids is 1. The highest BCUT2D eigenvalue weighted by atomic mass is 16.5. The van der Waals surface area contributed by atoms with E-state index in [9.17, 15) is 4.79 Å². The SMILES string of the molecule is CCCCCCC[C@@H](CC)OCCCNC(=O)CO. The van der Waals surface area contributed by atoms with Crippen molar-refractivity contribution in [1.29, 1.82) is 0 Å². The second-order valence-corrected chi connectivity index (χ2v) is 4.97. The van der Waals surface area contributed by atoms with Crippen LogP contribution in [0.1, 0.15) is 65.2 Å². The Balaban J connectivity index is 3.41. The lowest BCUT2D eigenvalue weighted by Crippen LogP contribution is -2.28. The van der Waals surface area contributed by atoms with E-state index in [4.69, 9.17) is 9.84 Å². The molecule has 0 saturated heterocycles. The van der Waals surface area contributed by atoms with Gasteiger partial charge in [0.15, 0.2) is 0 Å². The van der Waals surface area contributed by atoms with E-state index in [1.165, 1.54) is 32.1 Å². The van der Waals surface area contributed by atoms with Gasteiger partial charge in [-0.05, 0) is 19.3 Å². The Morgan fingerprint density at radius 1 is 1.16 bits per heavy atom. The van der Waals surface area contributed by atoms with E-state index in [0.29, 0.717) is 19.3 Å². The molecule has 0 aliphatic carbocycles. The molecule has 0 unspecified atom stereocenters. The Kier molecular flexibility index (Phi) is 13.4. The van der Waals surface area contributed by atoms with Crippen molar-refractivity contribution < 1.29 is 14.6 Å². The summed E-state index contributed by atoms with van der Waals surface area (Å²) in [6, 6.07) is 0. The molecule has 1 amide bonds. The summed E-state index contributed by atoms with van der Waals surface area (Å²) >= 11 is 0. The van der Waals surface area contributed by atoms with E-state index in [2.05, 4.69) is 19.2 Å². The number of ether oxygens (including phenoxy) is 1. The van der Waals surface area contributed by atoms with Crippen molar-refractivity contribution in [3.05, 3.63) is 0 Å². The summed E-state index contributed by atoms with van der Waals surface area (Å²) in [5, 5.41) is 11.2. The molecule has 0 fully saturated rings. The third-order valence-corrected chi connectivity index (χ3v) is 3.23. The standard InChI is InChI=1S/C15H31NO3/c1-3-5-6-7-8-10-14(4-2)19-12-9-11-16-15(18)13-17/h14,17H,3-13H2,1-2H3,(H,16,18)/t14-/m1/s1. The van der Waals surface area contributed by atoms with Crippen LogP contribution in [0.5, 0.6) is 0 Å². The van der Waals surface area contributed by atoms with E-state index >= 15 is 0 Å². The van der Waals surface area contributed by atoms with Gasteiger partial charge in [-0.3, -0.25) is 4.79 Å². The molecule has 0 aromatic rings. The number of nitrogens with one attached hydrogen (secondary N) is 1. The zero-order valence-electron chi connectivity index (χ0n) is 12.6. The van der Waals surface area contributed by atoms with Crippen molar-refractivity contribution in [2.24, 2.45) is 0 Å². The number of aliphatic hydroxyl groups is 1. The Labute approximate surface area is 117 Å². The lowest BCUT2D eigenvalue weighted by atomic mass is 10.1. The minimum Gasteiger partial charge on any atom is -0.387 e. The third kappa shape index (κ3) is 12.2. The van der Waals surface area contributed by atoms with Crippen molar-refractivity contribution in [3.63, 3.8) is 0 Å². The average Bonchev–Trinajstić information content (AvgIpc) is 2.44. The molecular weight excluding hydrogens is 242 g/mol. The van der Waals surface area contributed by atoms with Crippen molar-refractivity contribution in [3.8, 4) is 0 Å². The molecule has 0 aliphatic heterocycles. The van der Waals surface area contributed by atoms with Gasteiger partial charge in [-0.2, -0.15) is 0 Å². The summed E-state index contributed by atoms with van der Waals surface area (Å²) < 4.78 is 5.80. The van der Waals surface area contributed by atoms with Crippen LogP contribution in [-0.4, -0.2) is 36.9 Å². The molecule has 4 nitrogen and oxygen atoms in total. The second kappa shape index (κ2) is 13.8. The van der Waals surface area contributed by atoms with E-state index < -0.39 is 6.61 Å². The Hall–Kier alpha value is -0.610. The normalized spacial score (nSPS) is 12.4. The maximum absolute atomic E-state index is 10.8. The van der Waals surface area contributed by atoms with Gasteiger partial charge in [0.05, 0.1) is 6.10 Å². The lowest BCUT2D eigenvalue weighted by molar-refractivity contribution is -0.123. The van der Waals surface area contributed by atoms with Crippen LogP contribution >= 0.6 is 0 Å². The largest absolute Gasteiger partial charge is 0.387 e. The first kappa shape index (κ1) is 18.4. The van der Waals surface area contributed by atoms with Crippen LogP contribution in [0, 0.1) is 0 Å². The molecule has 2 N–H and O–H groups in total. The van der Waals surface area contributed by atoms with Crippen molar-refractivity contribution >= 4 is 5.91 Å². The van der Waals surface area contributed by atoms with Gasteiger partial charge in [0.25, 0.3) is 0 Å². The zero-order chi connectivity index (χ0) is 14.3. The summed E-state index contributed by atoms with van der Waals surface area (Å²) in [7, 11) is 0. The molecule has 0 spiro atoms. The fourth-order valence-electron chi connectivity index (χ4n) is 1.99. The fraction of sp³-hybridized carbons (Fsp3) is 0.933. The van der Waals surface area contributed by atoms with Gasteiger partial charge in [-0.25, -0.2) is 0 Å². The molecule has 4 heteroatoms. The summed E-state index contributed by atoms with van der Waals surface area (Å²) in [6.45, 7) is 5.21. The molecule has 1 atom stereocenters. The first-order valence-corrected chi connectivity index (χ1v) is 7.73. The maximum atomic E-state index is 10.8. The van der Waals surface area contributed by atoms with Crippen molar-refractivity contribution in [2.45, 2.75) is 71.3 Å². The number of amides is 1. The van der Waals surface area contributed by atoms with E-state index in [1.54, 1.807) is 0 Å². The summed E-state index contributed by atoms with van der Waals surface area (Å²) in [6.07, 6.45) is 9.86. The Morgan fingerprint density at radius 3 is 2.53 bits per heavy atom.